The standard InChI is InChI=1S/C9H12.Y/c1-3-5-7-9-8-6-4-2;/h3,5,8-9H,4H2,1-2H3;/q-2;/b5-3+;. The van der Waals surface area contributed by atoms with Crippen LogP contribution in [-0.4, -0.2) is 0 Å². The van der Waals surface area contributed by atoms with Crippen molar-refractivity contribution in [2.75, 3.05) is 0 Å². The van der Waals surface area contributed by atoms with Crippen molar-refractivity contribution in [3.63, 3.8) is 0 Å². The zero-order valence-corrected chi connectivity index (χ0v) is 9.43. The van der Waals surface area contributed by atoms with Gasteiger partial charge in [0, 0.05) is 32.7 Å². The molecule has 0 amide bonds. The fraction of sp³-hybridized carbons (Fsp3) is 0.333. The molecule has 1 radical (unpaired) electrons. The molecule has 0 fully saturated rings. The second kappa shape index (κ2) is 12.0. The van der Waals surface area contributed by atoms with E-state index in [4.69, 9.17) is 0 Å². The van der Waals surface area contributed by atoms with Crippen LogP contribution in [0.25, 0.3) is 0 Å². The van der Waals surface area contributed by atoms with E-state index < -0.39 is 0 Å². The van der Waals surface area contributed by atoms with Crippen LogP contribution in [0.15, 0.2) is 24.3 Å². The predicted molar refractivity (Wildman–Crippen MR) is 40.7 cm³/mol. The molecule has 0 aromatic carbocycles. The summed E-state index contributed by atoms with van der Waals surface area (Å²) >= 11 is 0. The molecule has 0 N–H and O–H groups in total. The Morgan fingerprint density at radius 2 is 2.00 bits per heavy atom. The third-order valence-corrected chi connectivity index (χ3v) is 0.764. The Kier molecular flexibility index (Phi) is 15.6. The third-order valence-electron chi connectivity index (χ3n) is 0.764. The Bertz CT molecular complexity index is 121. The van der Waals surface area contributed by atoms with Gasteiger partial charge in [-0.2, -0.15) is 12.2 Å². The topological polar surface area (TPSA) is 0 Å². The summed E-state index contributed by atoms with van der Waals surface area (Å²) in [6.45, 7) is 4.02. The summed E-state index contributed by atoms with van der Waals surface area (Å²) in [5, 5.41) is 0. The molecule has 0 saturated carbocycles. The van der Waals surface area contributed by atoms with Crippen LogP contribution >= 0.6 is 0 Å². The summed E-state index contributed by atoms with van der Waals surface area (Å²) in [6, 6.07) is 0. The minimum Gasteiger partial charge on any atom is -0.343 e. The predicted octanol–water partition coefficient (Wildman–Crippen LogP) is 2.69. The smallest absolute Gasteiger partial charge is 0 e. The summed E-state index contributed by atoms with van der Waals surface area (Å²) in [7, 11) is 0. The van der Waals surface area contributed by atoms with Gasteiger partial charge in [-0.3, -0.25) is 6.08 Å². The largest absolute Gasteiger partial charge is 0.343 e. The van der Waals surface area contributed by atoms with Crippen LogP contribution in [0.1, 0.15) is 20.3 Å². The molecule has 0 spiro atoms. The molecule has 0 aromatic rings. The molecule has 0 rings (SSSR count). The summed E-state index contributed by atoms with van der Waals surface area (Å²) in [4.78, 5) is 0. The van der Waals surface area contributed by atoms with Gasteiger partial charge in [0.2, 0.25) is 0 Å². The molecule has 0 aromatic heterocycles. The van der Waals surface area contributed by atoms with Gasteiger partial charge in [-0.15, -0.1) is 6.42 Å². The summed E-state index contributed by atoms with van der Waals surface area (Å²) < 4.78 is 0. The molecule has 1 heteroatoms. The Morgan fingerprint density at radius 1 is 1.30 bits per heavy atom. The Hall–Kier alpha value is 0.324. The number of hydrogen-bond donors (Lipinski definition) is 0. The van der Waals surface area contributed by atoms with E-state index in [1.807, 2.05) is 31.2 Å². The third kappa shape index (κ3) is 11.2. The molecule has 10 heavy (non-hydrogen) atoms. The van der Waals surface area contributed by atoms with Crippen LogP contribution < -0.4 is 0 Å². The van der Waals surface area contributed by atoms with E-state index in [1.54, 1.807) is 0 Å². The van der Waals surface area contributed by atoms with Crippen molar-refractivity contribution in [2.45, 2.75) is 20.3 Å². The zero-order valence-electron chi connectivity index (χ0n) is 6.59. The molecule has 0 unspecified atom stereocenters. The molecule has 0 aliphatic heterocycles. The average molecular weight is 209 g/mol. The molecule has 53 valence electrons. The van der Waals surface area contributed by atoms with Crippen molar-refractivity contribution in [2.24, 2.45) is 0 Å². The van der Waals surface area contributed by atoms with Gasteiger partial charge in [0.25, 0.3) is 0 Å². The first kappa shape index (κ1) is 13.0. The summed E-state index contributed by atoms with van der Waals surface area (Å²) in [5.74, 6) is 0. The first-order chi connectivity index (χ1) is 4.41. The minimum absolute atomic E-state index is 0. The Labute approximate surface area is 89.0 Å². The molecule has 0 aliphatic carbocycles. The number of allylic oxidation sites excluding steroid dienone is 6. The van der Waals surface area contributed by atoms with Gasteiger partial charge in [0.1, 0.15) is 0 Å². The van der Waals surface area contributed by atoms with Gasteiger partial charge in [0.05, 0.1) is 0 Å². The second-order valence-corrected chi connectivity index (χ2v) is 1.56. The second-order valence-electron chi connectivity index (χ2n) is 1.56. The molecule has 0 atom stereocenters. The summed E-state index contributed by atoms with van der Waals surface area (Å²) in [5.41, 5.74) is 0. The fourth-order valence-electron chi connectivity index (χ4n) is 0.377. The molecule has 0 nitrogen and oxygen atoms in total. The molecule has 0 saturated heterocycles. The van der Waals surface area contributed by atoms with E-state index in [2.05, 4.69) is 19.1 Å². The zero-order chi connectivity index (χ0) is 6.95. The van der Waals surface area contributed by atoms with Crippen molar-refractivity contribution < 1.29 is 32.7 Å². The van der Waals surface area contributed by atoms with Gasteiger partial charge < -0.3 is 18.2 Å². The van der Waals surface area contributed by atoms with Gasteiger partial charge in [-0.1, -0.05) is 13.8 Å². The van der Waals surface area contributed by atoms with Gasteiger partial charge >= 0.3 is 0 Å². The van der Waals surface area contributed by atoms with E-state index in [-0.39, 0.29) is 32.7 Å². The molecule has 0 heterocycles. The SMILES string of the molecule is C/C=C/[C-]=CC=[C-]CC.[Y]. The van der Waals surface area contributed by atoms with Crippen molar-refractivity contribution in [3.8, 4) is 0 Å². The van der Waals surface area contributed by atoms with E-state index >= 15 is 0 Å². The van der Waals surface area contributed by atoms with Gasteiger partial charge in [-0.25, -0.2) is 0 Å². The maximum Gasteiger partial charge on any atom is 0 e. The monoisotopic (exact) mass is 209 g/mol. The van der Waals surface area contributed by atoms with Crippen molar-refractivity contribution in [1.82, 2.24) is 0 Å². The Morgan fingerprint density at radius 3 is 2.50 bits per heavy atom. The normalized spacial score (nSPS) is 11.4. The summed E-state index contributed by atoms with van der Waals surface area (Å²) in [6.07, 6.45) is 14.5. The van der Waals surface area contributed by atoms with E-state index in [1.165, 1.54) is 0 Å². The van der Waals surface area contributed by atoms with Crippen molar-refractivity contribution >= 4 is 0 Å². The van der Waals surface area contributed by atoms with E-state index in [0.29, 0.717) is 0 Å². The van der Waals surface area contributed by atoms with E-state index in [0.717, 1.165) is 6.42 Å². The van der Waals surface area contributed by atoms with Crippen LogP contribution in [0.5, 0.6) is 0 Å². The first-order valence-corrected chi connectivity index (χ1v) is 3.17. The molecular formula is C9H12Y-2. The van der Waals surface area contributed by atoms with Crippen LogP contribution in [0.2, 0.25) is 0 Å². The fourth-order valence-corrected chi connectivity index (χ4v) is 0.377. The van der Waals surface area contributed by atoms with E-state index in [9.17, 15) is 0 Å². The quantitative estimate of drug-likeness (QED) is 0.495. The van der Waals surface area contributed by atoms with Crippen LogP contribution in [0.3, 0.4) is 0 Å². The van der Waals surface area contributed by atoms with Gasteiger partial charge in [-0.05, 0) is 0 Å². The minimum atomic E-state index is 0. The maximum absolute atomic E-state index is 3.03. The van der Waals surface area contributed by atoms with Crippen molar-refractivity contribution in [1.29, 1.82) is 0 Å². The van der Waals surface area contributed by atoms with Crippen molar-refractivity contribution in [3.05, 3.63) is 36.5 Å². The van der Waals surface area contributed by atoms with Gasteiger partial charge in [0.15, 0.2) is 0 Å². The molecule has 0 bridgehead atoms. The first-order valence-electron chi connectivity index (χ1n) is 3.17. The van der Waals surface area contributed by atoms with Crippen LogP contribution in [0.4, 0.5) is 0 Å². The number of rotatable bonds is 3. The Balaban J connectivity index is 0. The number of hydrogen-bond acceptors (Lipinski definition) is 0. The van der Waals surface area contributed by atoms with Crippen LogP contribution in [-0.2, 0) is 32.7 Å². The average Bonchev–Trinajstić information content (AvgIpc) is 1.89. The van der Waals surface area contributed by atoms with Crippen LogP contribution in [0, 0.1) is 12.2 Å². The molecular weight excluding hydrogens is 197 g/mol. The maximum atomic E-state index is 3.03. The molecule has 0 aliphatic rings.